The standard InChI is InChI=1S/C12H17NO/c1-4-5-6-12-9(2)11(8-14)7-13-10(12)3/h7-8H,4-6H2,1-3H3. The topological polar surface area (TPSA) is 30.0 Å². The molecule has 0 bridgehead atoms. The number of hydrogen-bond acceptors (Lipinski definition) is 2. The van der Waals surface area contributed by atoms with E-state index in [1.165, 1.54) is 12.0 Å². The van der Waals surface area contributed by atoms with E-state index in [1.807, 2.05) is 13.8 Å². The van der Waals surface area contributed by atoms with Crippen molar-refractivity contribution < 1.29 is 4.79 Å². The Bertz CT molecular complexity index is 331. The number of unbranched alkanes of at least 4 members (excludes halogenated alkanes) is 1. The van der Waals surface area contributed by atoms with Crippen molar-refractivity contribution in [2.24, 2.45) is 0 Å². The number of aldehydes is 1. The number of pyridine rings is 1. The summed E-state index contributed by atoms with van der Waals surface area (Å²) in [6, 6.07) is 0. The van der Waals surface area contributed by atoms with Gasteiger partial charge < -0.3 is 0 Å². The van der Waals surface area contributed by atoms with E-state index in [1.54, 1.807) is 6.20 Å². The maximum absolute atomic E-state index is 10.7. The summed E-state index contributed by atoms with van der Waals surface area (Å²) >= 11 is 0. The van der Waals surface area contributed by atoms with Crippen molar-refractivity contribution in [3.05, 3.63) is 28.6 Å². The van der Waals surface area contributed by atoms with Crippen LogP contribution in [0.5, 0.6) is 0 Å². The predicted molar refractivity (Wildman–Crippen MR) is 57.7 cm³/mol. The molecule has 14 heavy (non-hydrogen) atoms. The van der Waals surface area contributed by atoms with Crippen LogP contribution >= 0.6 is 0 Å². The first kappa shape index (κ1) is 10.9. The predicted octanol–water partition coefficient (Wildman–Crippen LogP) is 2.85. The second-order valence-corrected chi connectivity index (χ2v) is 3.62. The van der Waals surface area contributed by atoms with Gasteiger partial charge in [-0.15, -0.1) is 0 Å². The van der Waals surface area contributed by atoms with Crippen molar-refractivity contribution in [2.45, 2.75) is 40.0 Å². The Hall–Kier alpha value is -1.18. The molecule has 0 saturated heterocycles. The molecule has 2 heteroatoms. The van der Waals surface area contributed by atoms with Gasteiger partial charge >= 0.3 is 0 Å². The highest BCUT2D eigenvalue weighted by molar-refractivity contribution is 5.77. The lowest BCUT2D eigenvalue weighted by atomic mass is 9.99. The SMILES string of the molecule is CCCCc1c(C)ncc(C=O)c1C. The first-order chi connectivity index (χ1) is 6.70. The molecule has 76 valence electrons. The quantitative estimate of drug-likeness (QED) is 0.685. The molecule has 1 heterocycles. The zero-order valence-electron chi connectivity index (χ0n) is 9.13. The van der Waals surface area contributed by atoms with Crippen molar-refractivity contribution in [3.8, 4) is 0 Å². The molecule has 0 saturated carbocycles. The fraction of sp³-hybridized carbons (Fsp3) is 0.500. The van der Waals surface area contributed by atoms with Crippen LogP contribution in [0.25, 0.3) is 0 Å². The first-order valence-electron chi connectivity index (χ1n) is 5.11. The monoisotopic (exact) mass is 191 g/mol. The maximum atomic E-state index is 10.7. The van der Waals surface area contributed by atoms with Gasteiger partial charge in [0, 0.05) is 17.5 Å². The fourth-order valence-electron chi connectivity index (χ4n) is 1.63. The Kier molecular flexibility index (Phi) is 3.81. The second-order valence-electron chi connectivity index (χ2n) is 3.62. The second kappa shape index (κ2) is 4.89. The molecule has 0 spiro atoms. The van der Waals surface area contributed by atoms with Gasteiger partial charge in [-0.1, -0.05) is 13.3 Å². The minimum absolute atomic E-state index is 0.724. The lowest BCUT2D eigenvalue weighted by Crippen LogP contribution is -2.01. The molecule has 0 unspecified atom stereocenters. The van der Waals surface area contributed by atoms with Gasteiger partial charge in [0.25, 0.3) is 0 Å². The highest BCUT2D eigenvalue weighted by Crippen LogP contribution is 2.17. The molecule has 0 aliphatic heterocycles. The third kappa shape index (κ3) is 2.19. The van der Waals surface area contributed by atoms with Crippen molar-refractivity contribution in [1.29, 1.82) is 0 Å². The minimum Gasteiger partial charge on any atom is -0.298 e. The van der Waals surface area contributed by atoms with Crippen molar-refractivity contribution in [3.63, 3.8) is 0 Å². The Morgan fingerprint density at radius 1 is 1.43 bits per heavy atom. The molecule has 0 aliphatic carbocycles. The van der Waals surface area contributed by atoms with Gasteiger partial charge in [0.1, 0.15) is 0 Å². The van der Waals surface area contributed by atoms with E-state index < -0.39 is 0 Å². The molecule has 0 aromatic carbocycles. The van der Waals surface area contributed by atoms with Crippen LogP contribution in [0.2, 0.25) is 0 Å². The highest BCUT2D eigenvalue weighted by Gasteiger charge is 2.07. The number of carbonyl (C=O) groups is 1. The number of hydrogen-bond donors (Lipinski definition) is 0. The van der Waals surface area contributed by atoms with Crippen molar-refractivity contribution in [2.75, 3.05) is 0 Å². The maximum Gasteiger partial charge on any atom is 0.151 e. The molecule has 1 aromatic rings. The largest absolute Gasteiger partial charge is 0.298 e. The van der Waals surface area contributed by atoms with Crippen LogP contribution in [0, 0.1) is 13.8 Å². The first-order valence-corrected chi connectivity index (χ1v) is 5.11. The molecule has 0 N–H and O–H groups in total. The molecule has 0 aliphatic rings. The molecular formula is C12H17NO. The van der Waals surface area contributed by atoms with E-state index in [9.17, 15) is 4.79 Å². The summed E-state index contributed by atoms with van der Waals surface area (Å²) in [5, 5.41) is 0. The molecule has 1 rings (SSSR count). The van der Waals surface area contributed by atoms with E-state index >= 15 is 0 Å². The van der Waals surface area contributed by atoms with Crippen LogP contribution in [-0.4, -0.2) is 11.3 Å². The summed E-state index contributed by atoms with van der Waals surface area (Å²) in [6.45, 7) is 6.18. The van der Waals surface area contributed by atoms with E-state index in [4.69, 9.17) is 0 Å². The van der Waals surface area contributed by atoms with E-state index in [0.29, 0.717) is 0 Å². The molecular weight excluding hydrogens is 174 g/mol. The van der Waals surface area contributed by atoms with Gasteiger partial charge in [0.05, 0.1) is 0 Å². The number of aryl methyl sites for hydroxylation is 1. The Morgan fingerprint density at radius 3 is 2.71 bits per heavy atom. The summed E-state index contributed by atoms with van der Waals surface area (Å²) in [5.41, 5.74) is 4.13. The van der Waals surface area contributed by atoms with Gasteiger partial charge in [-0.05, 0) is 37.8 Å². The zero-order valence-corrected chi connectivity index (χ0v) is 9.13. The lowest BCUT2D eigenvalue weighted by Gasteiger charge is -2.09. The number of aromatic nitrogens is 1. The van der Waals surface area contributed by atoms with Crippen LogP contribution in [0.15, 0.2) is 6.20 Å². The summed E-state index contributed by atoms with van der Waals surface area (Å²) in [4.78, 5) is 15.0. The van der Waals surface area contributed by atoms with E-state index in [-0.39, 0.29) is 0 Å². The number of nitrogens with zero attached hydrogens (tertiary/aromatic N) is 1. The summed E-state index contributed by atoms with van der Waals surface area (Å²) in [6.07, 6.45) is 5.91. The third-order valence-electron chi connectivity index (χ3n) is 2.63. The Balaban J connectivity index is 3.05. The number of carbonyl (C=O) groups excluding carboxylic acids is 1. The summed E-state index contributed by atoms with van der Waals surface area (Å²) in [5.74, 6) is 0. The average molecular weight is 191 g/mol. The van der Waals surface area contributed by atoms with Crippen LogP contribution in [0.4, 0.5) is 0 Å². The van der Waals surface area contributed by atoms with E-state index in [0.717, 1.165) is 35.9 Å². The molecule has 0 amide bonds. The van der Waals surface area contributed by atoms with Crippen molar-refractivity contribution >= 4 is 6.29 Å². The van der Waals surface area contributed by atoms with Gasteiger partial charge in [-0.2, -0.15) is 0 Å². The molecule has 0 fully saturated rings. The summed E-state index contributed by atoms with van der Waals surface area (Å²) in [7, 11) is 0. The third-order valence-corrected chi connectivity index (χ3v) is 2.63. The van der Waals surface area contributed by atoms with Gasteiger partial charge in [0.15, 0.2) is 6.29 Å². The normalized spacial score (nSPS) is 10.2. The van der Waals surface area contributed by atoms with E-state index in [2.05, 4.69) is 11.9 Å². The van der Waals surface area contributed by atoms with Crippen LogP contribution in [-0.2, 0) is 6.42 Å². The van der Waals surface area contributed by atoms with Crippen molar-refractivity contribution in [1.82, 2.24) is 4.98 Å². The molecule has 0 atom stereocenters. The molecule has 1 aromatic heterocycles. The minimum atomic E-state index is 0.724. The smallest absolute Gasteiger partial charge is 0.151 e. The lowest BCUT2D eigenvalue weighted by molar-refractivity contribution is 0.112. The van der Waals surface area contributed by atoms with Crippen LogP contribution in [0.1, 0.15) is 46.9 Å². The highest BCUT2D eigenvalue weighted by atomic mass is 16.1. The van der Waals surface area contributed by atoms with Crippen LogP contribution in [0.3, 0.4) is 0 Å². The fourth-order valence-corrected chi connectivity index (χ4v) is 1.63. The Labute approximate surface area is 85.4 Å². The van der Waals surface area contributed by atoms with Crippen LogP contribution < -0.4 is 0 Å². The van der Waals surface area contributed by atoms with Gasteiger partial charge in [-0.3, -0.25) is 9.78 Å². The van der Waals surface area contributed by atoms with Gasteiger partial charge in [-0.25, -0.2) is 0 Å². The molecule has 0 radical (unpaired) electrons. The zero-order chi connectivity index (χ0) is 10.6. The van der Waals surface area contributed by atoms with Gasteiger partial charge in [0.2, 0.25) is 0 Å². The average Bonchev–Trinajstić information content (AvgIpc) is 2.18. The Morgan fingerprint density at radius 2 is 2.14 bits per heavy atom. The molecule has 2 nitrogen and oxygen atoms in total. The summed E-state index contributed by atoms with van der Waals surface area (Å²) < 4.78 is 0. The number of rotatable bonds is 4.